The average molecular weight is 196 g/mol. The summed E-state index contributed by atoms with van der Waals surface area (Å²) in [5, 5.41) is 0. The minimum Gasteiger partial charge on any atom is -0.323 e. The van der Waals surface area contributed by atoms with Gasteiger partial charge in [-0.25, -0.2) is 9.97 Å². The summed E-state index contributed by atoms with van der Waals surface area (Å²) in [5.74, 6) is 0. The van der Waals surface area contributed by atoms with E-state index in [2.05, 4.69) is 25.2 Å². The van der Waals surface area contributed by atoms with Gasteiger partial charge in [-0.1, -0.05) is 6.07 Å². The van der Waals surface area contributed by atoms with Crippen molar-refractivity contribution in [3.05, 3.63) is 42.7 Å². The second-order valence-electron chi connectivity index (χ2n) is 3.77. The molecule has 0 aliphatic carbocycles. The van der Waals surface area contributed by atoms with Gasteiger partial charge in [0.2, 0.25) is 0 Å². The van der Waals surface area contributed by atoms with E-state index in [1.165, 1.54) is 16.9 Å². The van der Waals surface area contributed by atoms with E-state index in [1.807, 2.05) is 31.0 Å². The Morgan fingerprint density at radius 2 is 2.20 bits per heavy atom. The van der Waals surface area contributed by atoms with Crippen LogP contribution < -0.4 is 0 Å². The summed E-state index contributed by atoms with van der Waals surface area (Å²) in [7, 11) is 0. The molecule has 0 saturated carbocycles. The standard InChI is InChI=1S/C11H8N4/c1-2-9-11-10(3-1)15-6-12-4-8(15)5-14(11)7-13-9/h1-4,6-7H,5H2. The largest absolute Gasteiger partial charge is 0.323 e. The summed E-state index contributed by atoms with van der Waals surface area (Å²) in [5.41, 5.74) is 4.62. The highest BCUT2D eigenvalue weighted by molar-refractivity contribution is 5.85. The number of fused-ring (bicyclic) bond motifs is 2. The van der Waals surface area contributed by atoms with E-state index in [1.54, 1.807) is 0 Å². The van der Waals surface area contributed by atoms with Crippen LogP contribution in [0.5, 0.6) is 0 Å². The van der Waals surface area contributed by atoms with Gasteiger partial charge in [0.25, 0.3) is 0 Å². The van der Waals surface area contributed by atoms with Crippen molar-refractivity contribution in [2.45, 2.75) is 6.54 Å². The molecule has 0 unspecified atom stereocenters. The Labute approximate surface area is 85.8 Å². The lowest BCUT2D eigenvalue weighted by atomic mass is 10.2. The molecular weight excluding hydrogens is 188 g/mol. The zero-order chi connectivity index (χ0) is 9.83. The van der Waals surface area contributed by atoms with Crippen molar-refractivity contribution in [3.8, 4) is 5.69 Å². The molecule has 1 aliphatic heterocycles. The molecule has 0 saturated heterocycles. The van der Waals surface area contributed by atoms with Crippen LogP contribution in [0.25, 0.3) is 16.7 Å². The van der Waals surface area contributed by atoms with Crippen molar-refractivity contribution in [2.24, 2.45) is 0 Å². The summed E-state index contributed by atoms with van der Waals surface area (Å²) in [4.78, 5) is 8.56. The summed E-state index contributed by atoms with van der Waals surface area (Å²) >= 11 is 0. The molecule has 2 aromatic heterocycles. The van der Waals surface area contributed by atoms with Gasteiger partial charge in [0.05, 0.1) is 47.8 Å². The second-order valence-corrected chi connectivity index (χ2v) is 3.77. The molecule has 0 N–H and O–H groups in total. The molecular formula is C11H8N4. The topological polar surface area (TPSA) is 35.6 Å². The van der Waals surface area contributed by atoms with Crippen molar-refractivity contribution in [3.63, 3.8) is 0 Å². The van der Waals surface area contributed by atoms with E-state index >= 15 is 0 Å². The quantitative estimate of drug-likeness (QED) is 0.428. The number of para-hydroxylation sites is 1. The van der Waals surface area contributed by atoms with E-state index in [9.17, 15) is 0 Å². The highest BCUT2D eigenvalue weighted by Crippen LogP contribution is 2.27. The van der Waals surface area contributed by atoms with Crippen LogP contribution in [0.3, 0.4) is 0 Å². The van der Waals surface area contributed by atoms with Gasteiger partial charge in [-0.2, -0.15) is 0 Å². The highest BCUT2D eigenvalue weighted by atomic mass is 15.2. The van der Waals surface area contributed by atoms with Crippen LogP contribution >= 0.6 is 0 Å². The summed E-state index contributed by atoms with van der Waals surface area (Å²) in [6.45, 7) is 0.855. The molecule has 4 rings (SSSR count). The number of nitrogens with zero attached hydrogens (tertiary/aromatic N) is 4. The first kappa shape index (κ1) is 7.23. The smallest absolute Gasteiger partial charge is 0.0995 e. The highest BCUT2D eigenvalue weighted by Gasteiger charge is 2.17. The lowest BCUT2D eigenvalue weighted by molar-refractivity contribution is 0.747. The van der Waals surface area contributed by atoms with Crippen LogP contribution in [-0.4, -0.2) is 19.1 Å². The Kier molecular flexibility index (Phi) is 1.10. The molecule has 0 amide bonds. The molecule has 0 radical (unpaired) electrons. The molecule has 4 heteroatoms. The molecule has 0 spiro atoms. The predicted molar refractivity (Wildman–Crippen MR) is 56.0 cm³/mol. The van der Waals surface area contributed by atoms with Crippen molar-refractivity contribution < 1.29 is 0 Å². The number of hydrogen-bond acceptors (Lipinski definition) is 2. The summed E-state index contributed by atoms with van der Waals surface area (Å²) < 4.78 is 4.30. The van der Waals surface area contributed by atoms with Crippen LogP contribution in [0.4, 0.5) is 0 Å². The van der Waals surface area contributed by atoms with Gasteiger partial charge in [-0.15, -0.1) is 0 Å². The Morgan fingerprint density at radius 1 is 1.20 bits per heavy atom. The Hall–Kier alpha value is -2.10. The molecule has 0 fully saturated rings. The van der Waals surface area contributed by atoms with E-state index in [0.29, 0.717) is 0 Å². The third-order valence-corrected chi connectivity index (χ3v) is 2.92. The zero-order valence-corrected chi connectivity index (χ0v) is 7.96. The number of rotatable bonds is 0. The molecule has 1 aliphatic rings. The Morgan fingerprint density at radius 3 is 3.20 bits per heavy atom. The lowest BCUT2D eigenvalue weighted by Crippen LogP contribution is -2.11. The average Bonchev–Trinajstić information content (AvgIpc) is 2.87. The number of aromatic nitrogens is 4. The third kappa shape index (κ3) is 0.771. The van der Waals surface area contributed by atoms with E-state index in [-0.39, 0.29) is 0 Å². The van der Waals surface area contributed by atoms with Gasteiger partial charge in [-0.3, -0.25) is 4.57 Å². The van der Waals surface area contributed by atoms with Crippen LogP contribution in [0.1, 0.15) is 5.69 Å². The lowest BCUT2D eigenvalue weighted by Gasteiger charge is -2.17. The fourth-order valence-corrected chi connectivity index (χ4v) is 2.25. The molecule has 1 aromatic carbocycles. The van der Waals surface area contributed by atoms with Crippen molar-refractivity contribution >= 4 is 11.0 Å². The number of imidazole rings is 2. The van der Waals surface area contributed by atoms with Crippen molar-refractivity contribution in [2.75, 3.05) is 0 Å². The van der Waals surface area contributed by atoms with Gasteiger partial charge in [0, 0.05) is 0 Å². The third-order valence-electron chi connectivity index (χ3n) is 2.92. The van der Waals surface area contributed by atoms with E-state index in [4.69, 9.17) is 0 Å². The molecule has 72 valence electrons. The van der Waals surface area contributed by atoms with Crippen molar-refractivity contribution in [1.82, 2.24) is 19.1 Å². The zero-order valence-electron chi connectivity index (χ0n) is 7.96. The SMILES string of the molecule is c1cc2c3c(c1)ncn3Cc1cncn1-2. The van der Waals surface area contributed by atoms with Gasteiger partial charge >= 0.3 is 0 Å². The number of hydrogen-bond donors (Lipinski definition) is 0. The fourth-order valence-electron chi connectivity index (χ4n) is 2.25. The predicted octanol–water partition coefficient (Wildman–Crippen LogP) is 1.58. The monoisotopic (exact) mass is 196 g/mol. The molecule has 0 bridgehead atoms. The number of benzene rings is 1. The first-order valence-electron chi connectivity index (χ1n) is 4.89. The normalized spacial score (nSPS) is 13.1. The second kappa shape index (κ2) is 2.28. The van der Waals surface area contributed by atoms with Crippen LogP contribution in [-0.2, 0) is 6.54 Å². The van der Waals surface area contributed by atoms with Gasteiger partial charge in [0.1, 0.15) is 0 Å². The first-order valence-corrected chi connectivity index (χ1v) is 4.89. The minimum atomic E-state index is 0.855. The fraction of sp³-hybridized carbons (Fsp3) is 0.0909. The molecule has 3 aromatic rings. The molecule has 15 heavy (non-hydrogen) atoms. The minimum absolute atomic E-state index is 0.855. The maximum atomic E-state index is 4.38. The summed E-state index contributed by atoms with van der Waals surface area (Å²) in [6, 6.07) is 6.17. The molecule has 3 heterocycles. The van der Waals surface area contributed by atoms with Crippen molar-refractivity contribution in [1.29, 1.82) is 0 Å². The van der Waals surface area contributed by atoms with Gasteiger partial charge in [-0.05, 0) is 12.1 Å². The van der Waals surface area contributed by atoms with Crippen LogP contribution in [0.15, 0.2) is 37.1 Å². The Bertz CT molecular complexity index is 662. The van der Waals surface area contributed by atoms with Crippen LogP contribution in [0.2, 0.25) is 0 Å². The van der Waals surface area contributed by atoms with Crippen LogP contribution in [0, 0.1) is 0 Å². The maximum Gasteiger partial charge on any atom is 0.0995 e. The maximum absolute atomic E-state index is 4.38. The molecule has 0 atom stereocenters. The Balaban J connectivity index is 2.25. The van der Waals surface area contributed by atoms with E-state index in [0.717, 1.165) is 12.1 Å². The first-order chi connectivity index (χ1) is 7.43. The molecule has 4 nitrogen and oxygen atoms in total. The van der Waals surface area contributed by atoms with E-state index < -0.39 is 0 Å². The van der Waals surface area contributed by atoms with Gasteiger partial charge in [0.15, 0.2) is 0 Å². The summed E-state index contributed by atoms with van der Waals surface area (Å²) in [6.07, 6.45) is 5.66. The van der Waals surface area contributed by atoms with Gasteiger partial charge < -0.3 is 4.57 Å².